The van der Waals surface area contributed by atoms with Gasteiger partial charge >= 0.3 is 0 Å². The van der Waals surface area contributed by atoms with Crippen LogP contribution in [0.2, 0.25) is 0 Å². The van der Waals surface area contributed by atoms with E-state index in [2.05, 4.69) is 12.2 Å². The summed E-state index contributed by atoms with van der Waals surface area (Å²) in [4.78, 5) is 0. The third-order valence-electron chi connectivity index (χ3n) is 2.27. The molecule has 0 amide bonds. The van der Waals surface area contributed by atoms with Gasteiger partial charge in [-0.3, -0.25) is 0 Å². The Morgan fingerprint density at radius 2 is 2.00 bits per heavy atom. The predicted octanol–water partition coefficient (Wildman–Crippen LogP) is 1.37. The Balaban J connectivity index is 2.34. The van der Waals surface area contributed by atoms with Gasteiger partial charge in [0.15, 0.2) is 6.29 Å². The zero-order valence-corrected chi connectivity index (χ0v) is 6.58. The standard InChI is InChI=1S/C9H12O2/c1-6-7-4-2-3-5-8(7)9(10)11-6/h4-6,9-10H,2-3H2,1H3. The average Bonchev–Trinajstić information content (AvgIpc) is 2.30. The van der Waals surface area contributed by atoms with Crippen LogP contribution in [-0.4, -0.2) is 17.5 Å². The minimum absolute atomic E-state index is 0.0801. The van der Waals surface area contributed by atoms with Crippen LogP contribution in [0.25, 0.3) is 0 Å². The van der Waals surface area contributed by atoms with Crippen LogP contribution >= 0.6 is 0 Å². The van der Waals surface area contributed by atoms with Crippen LogP contribution in [0.4, 0.5) is 0 Å². The third-order valence-corrected chi connectivity index (χ3v) is 2.27. The van der Waals surface area contributed by atoms with Crippen LogP contribution < -0.4 is 0 Å². The van der Waals surface area contributed by atoms with Crippen LogP contribution in [0.1, 0.15) is 19.8 Å². The number of aliphatic hydroxyl groups excluding tert-OH is 1. The lowest BCUT2D eigenvalue weighted by Gasteiger charge is -2.08. The summed E-state index contributed by atoms with van der Waals surface area (Å²) >= 11 is 0. The van der Waals surface area contributed by atoms with Crippen molar-refractivity contribution in [2.75, 3.05) is 0 Å². The van der Waals surface area contributed by atoms with Gasteiger partial charge in [0.05, 0.1) is 6.10 Å². The molecule has 2 heteroatoms. The van der Waals surface area contributed by atoms with E-state index in [0.29, 0.717) is 0 Å². The summed E-state index contributed by atoms with van der Waals surface area (Å²) < 4.78 is 5.23. The van der Waals surface area contributed by atoms with E-state index in [1.807, 2.05) is 6.92 Å². The molecule has 1 N–H and O–H groups in total. The second kappa shape index (κ2) is 2.47. The van der Waals surface area contributed by atoms with Crippen molar-refractivity contribution >= 4 is 0 Å². The van der Waals surface area contributed by atoms with E-state index in [4.69, 9.17) is 4.74 Å². The van der Waals surface area contributed by atoms with Crippen molar-refractivity contribution in [3.05, 3.63) is 23.3 Å². The topological polar surface area (TPSA) is 29.5 Å². The molecule has 0 radical (unpaired) electrons. The second-order valence-corrected chi connectivity index (χ2v) is 3.03. The van der Waals surface area contributed by atoms with Gasteiger partial charge in [-0.15, -0.1) is 0 Å². The van der Waals surface area contributed by atoms with Crippen molar-refractivity contribution in [3.63, 3.8) is 0 Å². The number of fused-ring (bicyclic) bond motifs is 1. The van der Waals surface area contributed by atoms with Crippen LogP contribution in [0, 0.1) is 0 Å². The molecule has 2 unspecified atom stereocenters. The number of aliphatic hydroxyl groups is 1. The quantitative estimate of drug-likeness (QED) is 0.568. The fourth-order valence-corrected chi connectivity index (χ4v) is 1.70. The van der Waals surface area contributed by atoms with Gasteiger partial charge < -0.3 is 9.84 Å². The average molecular weight is 152 g/mol. The number of ether oxygens (including phenoxy) is 1. The highest BCUT2D eigenvalue weighted by Gasteiger charge is 2.30. The first-order valence-electron chi connectivity index (χ1n) is 4.03. The molecule has 0 aromatic carbocycles. The highest BCUT2D eigenvalue weighted by atomic mass is 16.6. The minimum Gasteiger partial charge on any atom is -0.364 e. The molecule has 0 bridgehead atoms. The Hall–Kier alpha value is -0.600. The first kappa shape index (κ1) is 7.07. The van der Waals surface area contributed by atoms with E-state index in [1.54, 1.807) is 0 Å². The molecule has 1 aliphatic heterocycles. The van der Waals surface area contributed by atoms with Crippen LogP contribution in [0.5, 0.6) is 0 Å². The monoisotopic (exact) mass is 152 g/mol. The molecule has 1 heterocycles. The van der Waals surface area contributed by atoms with E-state index >= 15 is 0 Å². The van der Waals surface area contributed by atoms with Gasteiger partial charge in [0.25, 0.3) is 0 Å². The van der Waals surface area contributed by atoms with E-state index < -0.39 is 6.29 Å². The molecule has 1 saturated heterocycles. The smallest absolute Gasteiger partial charge is 0.181 e. The molecule has 0 spiro atoms. The molecule has 2 rings (SSSR count). The Labute approximate surface area is 66.2 Å². The number of hydrogen-bond acceptors (Lipinski definition) is 2. The molecule has 2 nitrogen and oxygen atoms in total. The zero-order valence-electron chi connectivity index (χ0n) is 6.58. The molecular weight excluding hydrogens is 140 g/mol. The summed E-state index contributed by atoms with van der Waals surface area (Å²) in [7, 11) is 0. The molecule has 11 heavy (non-hydrogen) atoms. The Morgan fingerprint density at radius 1 is 1.36 bits per heavy atom. The molecule has 0 aromatic rings. The van der Waals surface area contributed by atoms with Crippen LogP contribution in [0.3, 0.4) is 0 Å². The van der Waals surface area contributed by atoms with E-state index in [9.17, 15) is 5.11 Å². The van der Waals surface area contributed by atoms with Gasteiger partial charge in [-0.05, 0) is 25.3 Å². The number of allylic oxidation sites excluding steroid dienone is 2. The molecule has 2 aliphatic rings. The van der Waals surface area contributed by atoms with Crippen LogP contribution in [-0.2, 0) is 4.74 Å². The summed E-state index contributed by atoms with van der Waals surface area (Å²) in [5.74, 6) is 0. The van der Waals surface area contributed by atoms with Crippen molar-refractivity contribution in [2.45, 2.75) is 32.2 Å². The van der Waals surface area contributed by atoms with E-state index in [-0.39, 0.29) is 6.10 Å². The molecular formula is C9H12O2. The van der Waals surface area contributed by atoms with Crippen molar-refractivity contribution in [3.8, 4) is 0 Å². The second-order valence-electron chi connectivity index (χ2n) is 3.03. The fourth-order valence-electron chi connectivity index (χ4n) is 1.70. The Kier molecular flexibility index (Phi) is 1.59. The lowest BCUT2D eigenvalue weighted by atomic mass is 9.96. The van der Waals surface area contributed by atoms with Gasteiger partial charge in [0.2, 0.25) is 0 Å². The molecule has 1 aliphatic carbocycles. The molecule has 60 valence electrons. The number of hydrogen-bond donors (Lipinski definition) is 1. The maximum Gasteiger partial charge on any atom is 0.181 e. The van der Waals surface area contributed by atoms with Crippen molar-refractivity contribution in [2.24, 2.45) is 0 Å². The summed E-state index contributed by atoms with van der Waals surface area (Å²) in [6.07, 6.45) is 5.76. The fraction of sp³-hybridized carbons (Fsp3) is 0.556. The maximum atomic E-state index is 9.36. The van der Waals surface area contributed by atoms with Crippen molar-refractivity contribution in [1.82, 2.24) is 0 Å². The molecule has 0 aromatic heterocycles. The summed E-state index contributed by atoms with van der Waals surface area (Å²) in [6.45, 7) is 1.97. The summed E-state index contributed by atoms with van der Waals surface area (Å²) in [5.41, 5.74) is 2.17. The lowest BCUT2D eigenvalue weighted by Crippen LogP contribution is -2.07. The van der Waals surface area contributed by atoms with Gasteiger partial charge in [0.1, 0.15) is 0 Å². The molecule has 0 saturated carbocycles. The van der Waals surface area contributed by atoms with Gasteiger partial charge in [-0.25, -0.2) is 0 Å². The first-order valence-corrected chi connectivity index (χ1v) is 4.03. The van der Waals surface area contributed by atoms with Gasteiger partial charge in [0, 0.05) is 5.57 Å². The maximum absolute atomic E-state index is 9.36. The molecule has 1 fully saturated rings. The largest absolute Gasteiger partial charge is 0.364 e. The number of rotatable bonds is 0. The SMILES string of the molecule is CC1OC(O)C2=CCCC=C21. The van der Waals surface area contributed by atoms with E-state index in [1.165, 1.54) is 5.57 Å². The summed E-state index contributed by atoms with van der Waals surface area (Å²) in [5, 5.41) is 9.36. The normalized spacial score (nSPS) is 36.2. The predicted molar refractivity (Wildman–Crippen MR) is 42.0 cm³/mol. The van der Waals surface area contributed by atoms with Crippen LogP contribution in [0.15, 0.2) is 23.3 Å². The minimum atomic E-state index is -0.670. The zero-order chi connectivity index (χ0) is 7.84. The highest BCUT2D eigenvalue weighted by Crippen LogP contribution is 2.33. The highest BCUT2D eigenvalue weighted by molar-refractivity contribution is 5.41. The van der Waals surface area contributed by atoms with Crippen molar-refractivity contribution in [1.29, 1.82) is 0 Å². The third kappa shape index (κ3) is 1.03. The van der Waals surface area contributed by atoms with Crippen molar-refractivity contribution < 1.29 is 9.84 Å². The van der Waals surface area contributed by atoms with E-state index in [0.717, 1.165) is 18.4 Å². The lowest BCUT2D eigenvalue weighted by molar-refractivity contribution is -0.0666. The molecule has 2 atom stereocenters. The first-order chi connectivity index (χ1) is 5.29. The Bertz CT molecular complexity index is 204. The Morgan fingerprint density at radius 3 is 2.64 bits per heavy atom. The van der Waals surface area contributed by atoms with Gasteiger partial charge in [-0.2, -0.15) is 0 Å². The summed E-state index contributed by atoms with van der Waals surface area (Å²) in [6, 6.07) is 0. The van der Waals surface area contributed by atoms with Gasteiger partial charge in [-0.1, -0.05) is 12.2 Å².